The van der Waals surface area contributed by atoms with Gasteiger partial charge < -0.3 is 5.32 Å². The van der Waals surface area contributed by atoms with Gasteiger partial charge in [-0.1, -0.05) is 29.8 Å². The van der Waals surface area contributed by atoms with Crippen LogP contribution in [-0.2, 0) is 12.6 Å². The van der Waals surface area contributed by atoms with Gasteiger partial charge in [-0.25, -0.2) is 4.99 Å². The minimum absolute atomic E-state index is 0.207. The molecule has 2 aromatic carbocycles. The number of amidine groups is 1. The van der Waals surface area contributed by atoms with Gasteiger partial charge in [0.05, 0.1) is 22.0 Å². The number of nitrogens with one attached hydrogen (secondary N) is 1. The highest BCUT2D eigenvalue weighted by molar-refractivity contribution is 6.33. The van der Waals surface area contributed by atoms with Crippen LogP contribution in [0.25, 0.3) is 0 Å². The average Bonchev–Trinajstić information content (AvgIpc) is 2.82. The van der Waals surface area contributed by atoms with Gasteiger partial charge in [0.25, 0.3) is 0 Å². The monoisotopic (exact) mass is 310 g/mol. The van der Waals surface area contributed by atoms with Crippen molar-refractivity contribution in [2.75, 3.05) is 5.32 Å². The Hall–Kier alpha value is -2.01. The normalized spacial score (nSPS) is 13.8. The number of anilines is 1. The van der Waals surface area contributed by atoms with Crippen LogP contribution in [-0.4, -0.2) is 5.84 Å². The van der Waals surface area contributed by atoms with Crippen molar-refractivity contribution in [3.63, 3.8) is 0 Å². The predicted molar refractivity (Wildman–Crippen MR) is 77.3 cm³/mol. The molecule has 0 radical (unpaired) electrons. The van der Waals surface area contributed by atoms with E-state index in [-0.39, 0.29) is 10.7 Å². The van der Waals surface area contributed by atoms with E-state index in [0.29, 0.717) is 12.3 Å². The molecule has 0 unspecified atom stereocenters. The molecule has 0 aliphatic carbocycles. The summed E-state index contributed by atoms with van der Waals surface area (Å²) in [6, 6.07) is 10.7. The van der Waals surface area contributed by atoms with Gasteiger partial charge in [-0.05, 0) is 29.8 Å². The van der Waals surface area contributed by atoms with Gasteiger partial charge in [-0.3, -0.25) is 0 Å². The van der Waals surface area contributed by atoms with Crippen LogP contribution in [0.3, 0.4) is 0 Å². The predicted octanol–water partition coefficient (Wildman–Crippen LogP) is 5.06. The molecule has 6 heteroatoms. The molecule has 0 bridgehead atoms. The Labute approximate surface area is 124 Å². The molecule has 1 aliphatic heterocycles. The molecule has 108 valence electrons. The summed E-state index contributed by atoms with van der Waals surface area (Å²) in [4.78, 5) is 4.35. The largest absolute Gasteiger partial charge is 0.416 e. The van der Waals surface area contributed by atoms with E-state index in [0.717, 1.165) is 23.4 Å². The van der Waals surface area contributed by atoms with Crippen LogP contribution in [0.5, 0.6) is 0 Å². The molecular weight excluding hydrogens is 301 g/mol. The van der Waals surface area contributed by atoms with Gasteiger partial charge in [-0.15, -0.1) is 0 Å². The molecular formula is C15H10ClF3N2. The number of nitrogens with zero attached hydrogens (tertiary/aromatic N) is 1. The lowest BCUT2D eigenvalue weighted by Crippen LogP contribution is -2.13. The summed E-state index contributed by atoms with van der Waals surface area (Å²) in [5.41, 5.74) is 1.31. The van der Waals surface area contributed by atoms with Crippen LogP contribution in [0.4, 0.5) is 24.5 Å². The lowest BCUT2D eigenvalue weighted by atomic mass is 10.1. The molecule has 2 nitrogen and oxygen atoms in total. The highest BCUT2D eigenvalue weighted by Crippen LogP contribution is 2.34. The van der Waals surface area contributed by atoms with Crippen molar-refractivity contribution in [3.05, 3.63) is 58.6 Å². The first kappa shape index (κ1) is 13.9. The Morgan fingerprint density at radius 1 is 1.10 bits per heavy atom. The Kier molecular flexibility index (Phi) is 3.37. The average molecular weight is 311 g/mol. The molecule has 0 aromatic heterocycles. The summed E-state index contributed by atoms with van der Waals surface area (Å²) in [6.45, 7) is 0. The van der Waals surface area contributed by atoms with Gasteiger partial charge >= 0.3 is 6.18 Å². The summed E-state index contributed by atoms with van der Waals surface area (Å²) in [5, 5.41) is 3.11. The number of halogens is 4. The molecule has 3 rings (SSSR count). The zero-order chi connectivity index (χ0) is 15.0. The molecule has 0 fully saturated rings. The molecule has 2 aromatic rings. The van der Waals surface area contributed by atoms with E-state index in [2.05, 4.69) is 10.3 Å². The van der Waals surface area contributed by atoms with E-state index < -0.39 is 11.7 Å². The Morgan fingerprint density at radius 2 is 1.86 bits per heavy atom. The molecule has 0 saturated carbocycles. The van der Waals surface area contributed by atoms with E-state index in [4.69, 9.17) is 11.6 Å². The first-order chi connectivity index (χ1) is 9.93. The fourth-order valence-electron chi connectivity index (χ4n) is 2.16. The van der Waals surface area contributed by atoms with Crippen LogP contribution >= 0.6 is 11.6 Å². The van der Waals surface area contributed by atoms with Gasteiger partial charge in [0, 0.05) is 6.42 Å². The third-order valence-electron chi connectivity index (χ3n) is 3.18. The van der Waals surface area contributed by atoms with Crippen LogP contribution < -0.4 is 5.32 Å². The lowest BCUT2D eigenvalue weighted by Gasteiger charge is -2.12. The quantitative estimate of drug-likeness (QED) is 0.782. The van der Waals surface area contributed by atoms with Crippen LogP contribution in [0.1, 0.15) is 11.1 Å². The molecule has 1 heterocycles. The second-order valence-corrected chi connectivity index (χ2v) is 5.09. The standard InChI is InChI=1S/C15H10ClF3N2/c16-11-6-5-10(15(17,18)19)8-13(11)21-14-7-9-3-1-2-4-12(9)20-14/h1-6,8H,7H2,(H,20,21). The van der Waals surface area contributed by atoms with Crippen molar-refractivity contribution >= 4 is 28.8 Å². The van der Waals surface area contributed by atoms with Crippen molar-refractivity contribution in [2.45, 2.75) is 12.6 Å². The molecule has 21 heavy (non-hydrogen) atoms. The smallest absolute Gasteiger partial charge is 0.342 e. The fraction of sp³-hybridized carbons (Fsp3) is 0.133. The van der Waals surface area contributed by atoms with Gasteiger partial charge in [0.1, 0.15) is 5.84 Å². The number of alkyl halides is 3. The van der Waals surface area contributed by atoms with E-state index in [1.54, 1.807) is 0 Å². The summed E-state index contributed by atoms with van der Waals surface area (Å²) < 4.78 is 38.2. The van der Waals surface area contributed by atoms with Crippen molar-refractivity contribution in [1.29, 1.82) is 0 Å². The Balaban J connectivity index is 1.87. The molecule has 0 saturated heterocycles. The van der Waals surface area contributed by atoms with Gasteiger partial charge in [0.2, 0.25) is 0 Å². The molecule has 0 amide bonds. The van der Waals surface area contributed by atoms with Crippen LogP contribution in [0.2, 0.25) is 5.02 Å². The lowest BCUT2D eigenvalue weighted by molar-refractivity contribution is -0.137. The topological polar surface area (TPSA) is 24.4 Å². The summed E-state index contributed by atoms with van der Waals surface area (Å²) in [5.74, 6) is 0.581. The third-order valence-corrected chi connectivity index (χ3v) is 3.51. The van der Waals surface area contributed by atoms with E-state index in [1.165, 1.54) is 6.07 Å². The van der Waals surface area contributed by atoms with Crippen LogP contribution in [0.15, 0.2) is 47.5 Å². The van der Waals surface area contributed by atoms with Crippen molar-refractivity contribution in [1.82, 2.24) is 0 Å². The highest BCUT2D eigenvalue weighted by atomic mass is 35.5. The summed E-state index contributed by atoms with van der Waals surface area (Å²) in [7, 11) is 0. The van der Waals surface area contributed by atoms with Crippen molar-refractivity contribution in [2.24, 2.45) is 4.99 Å². The number of para-hydroxylation sites is 1. The Bertz CT molecular complexity index is 723. The minimum Gasteiger partial charge on any atom is -0.342 e. The second-order valence-electron chi connectivity index (χ2n) is 4.68. The number of rotatable bonds is 1. The number of fused-ring (bicyclic) bond motifs is 1. The molecule has 1 N–H and O–H groups in total. The SMILES string of the molecule is FC(F)(F)c1ccc(Cl)c(NC2=Nc3ccccc3C2)c1. The maximum Gasteiger partial charge on any atom is 0.416 e. The molecule has 0 spiro atoms. The second kappa shape index (κ2) is 5.07. The maximum absolute atomic E-state index is 12.7. The van der Waals surface area contributed by atoms with E-state index >= 15 is 0 Å². The van der Waals surface area contributed by atoms with Gasteiger partial charge in [-0.2, -0.15) is 13.2 Å². The van der Waals surface area contributed by atoms with Crippen molar-refractivity contribution < 1.29 is 13.2 Å². The zero-order valence-electron chi connectivity index (χ0n) is 10.7. The summed E-state index contributed by atoms with van der Waals surface area (Å²) in [6.07, 6.45) is -3.86. The van der Waals surface area contributed by atoms with Crippen LogP contribution in [0, 0.1) is 0 Å². The first-order valence-corrected chi connectivity index (χ1v) is 6.60. The highest BCUT2D eigenvalue weighted by Gasteiger charge is 2.31. The molecule has 1 aliphatic rings. The fourth-order valence-corrected chi connectivity index (χ4v) is 2.32. The van der Waals surface area contributed by atoms with E-state index in [1.807, 2.05) is 24.3 Å². The zero-order valence-corrected chi connectivity index (χ0v) is 11.5. The number of hydrogen-bond donors (Lipinski definition) is 1. The number of benzene rings is 2. The molecule has 0 atom stereocenters. The third kappa shape index (κ3) is 2.88. The number of hydrogen-bond acceptors (Lipinski definition) is 2. The minimum atomic E-state index is -4.40. The van der Waals surface area contributed by atoms with Crippen molar-refractivity contribution in [3.8, 4) is 0 Å². The first-order valence-electron chi connectivity index (χ1n) is 6.23. The summed E-state index contributed by atoms with van der Waals surface area (Å²) >= 11 is 5.95. The van der Waals surface area contributed by atoms with Gasteiger partial charge in [0.15, 0.2) is 0 Å². The maximum atomic E-state index is 12.7. The number of aliphatic imine (C=N–C) groups is 1. The van der Waals surface area contributed by atoms with E-state index in [9.17, 15) is 13.2 Å². The Morgan fingerprint density at radius 3 is 2.57 bits per heavy atom.